The lowest BCUT2D eigenvalue weighted by molar-refractivity contribution is -0.953. The number of nitrogens with zero attached hydrogens (tertiary/aromatic N) is 3. The molecule has 124 valence electrons. The second-order valence-electron chi connectivity index (χ2n) is 7.15. The maximum atomic E-state index is 12.8. The lowest BCUT2D eigenvalue weighted by atomic mass is 9.82. The summed E-state index contributed by atoms with van der Waals surface area (Å²) in [7, 11) is 0. The van der Waals surface area contributed by atoms with Gasteiger partial charge in [-0.05, 0) is 19.8 Å². The first-order valence-corrected chi connectivity index (χ1v) is 8.41. The van der Waals surface area contributed by atoms with Crippen molar-refractivity contribution < 1.29 is 21.7 Å². The van der Waals surface area contributed by atoms with Crippen molar-refractivity contribution in [3.63, 3.8) is 0 Å². The fourth-order valence-electron chi connectivity index (χ4n) is 4.28. The minimum absolute atomic E-state index is 0. The number of amides is 1. The maximum absolute atomic E-state index is 12.8. The number of halogens is 1. The average molecular weight is 327 g/mol. The minimum Gasteiger partial charge on any atom is -1.00 e. The van der Waals surface area contributed by atoms with Crippen LogP contribution < -0.4 is 17.7 Å². The first-order valence-electron chi connectivity index (χ1n) is 8.41. The molecule has 0 radical (unpaired) electrons. The van der Waals surface area contributed by atoms with E-state index in [1.807, 2.05) is 0 Å². The first-order chi connectivity index (χ1) is 10.1. The number of hydrogen-bond donors (Lipinski definition) is 1. The number of carbonyl (C=O) groups is 1. The van der Waals surface area contributed by atoms with Crippen LogP contribution in [0.25, 0.3) is 0 Å². The van der Waals surface area contributed by atoms with Crippen LogP contribution in [0.1, 0.15) is 39.0 Å². The number of nitrogens with one attached hydrogen (secondary N) is 1. The molecular weight excluding hydrogens is 300 g/mol. The van der Waals surface area contributed by atoms with E-state index in [0.717, 1.165) is 69.4 Å². The van der Waals surface area contributed by atoms with Gasteiger partial charge in [0.2, 0.25) is 0 Å². The Kier molecular flexibility index (Phi) is 5.37. The maximum Gasteiger partial charge on any atom is 0.279 e. The van der Waals surface area contributed by atoms with Crippen LogP contribution in [0.5, 0.6) is 0 Å². The van der Waals surface area contributed by atoms with Crippen molar-refractivity contribution in [3.8, 4) is 6.07 Å². The smallest absolute Gasteiger partial charge is 0.279 e. The quantitative estimate of drug-likeness (QED) is 0.603. The van der Waals surface area contributed by atoms with Crippen molar-refractivity contribution in [2.24, 2.45) is 0 Å². The molecule has 3 aliphatic heterocycles. The predicted molar refractivity (Wildman–Crippen MR) is 80.3 cm³/mol. The highest BCUT2D eigenvalue weighted by Crippen LogP contribution is 2.29. The van der Waals surface area contributed by atoms with Crippen molar-refractivity contribution in [1.82, 2.24) is 10.2 Å². The molecule has 0 aromatic rings. The Balaban J connectivity index is 0.00000176. The van der Waals surface area contributed by atoms with Crippen LogP contribution in [0.3, 0.4) is 0 Å². The molecule has 4 rings (SSSR count). The molecule has 2 bridgehead atoms. The molecular formula is C16H27ClN4O. The SMILES string of the molecule is CC(C(=O)NC1(C#N)CCCCC1)[N+]12CCN(CC1)CC2.[Cl-]. The van der Waals surface area contributed by atoms with Gasteiger partial charge in [0, 0.05) is 19.6 Å². The Morgan fingerprint density at radius 2 is 1.73 bits per heavy atom. The van der Waals surface area contributed by atoms with Crippen LogP contribution in [0.15, 0.2) is 0 Å². The van der Waals surface area contributed by atoms with Gasteiger partial charge < -0.3 is 22.2 Å². The zero-order valence-electron chi connectivity index (χ0n) is 13.5. The van der Waals surface area contributed by atoms with E-state index in [-0.39, 0.29) is 24.4 Å². The van der Waals surface area contributed by atoms with Gasteiger partial charge in [-0.3, -0.25) is 9.69 Å². The molecule has 1 saturated carbocycles. The Bertz CT molecular complexity index is 434. The summed E-state index contributed by atoms with van der Waals surface area (Å²) in [6, 6.07) is 2.37. The van der Waals surface area contributed by atoms with E-state index in [1.165, 1.54) is 6.42 Å². The van der Waals surface area contributed by atoms with Crippen LogP contribution >= 0.6 is 0 Å². The van der Waals surface area contributed by atoms with Gasteiger partial charge in [0.15, 0.2) is 6.04 Å². The molecule has 1 unspecified atom stereocenters. The van der Waals surface area contributed by atoms with Crippen molar-refractivity contribution in [2.45, 2.75) is 50.6 Å². The zero-order valence-corrected chi connectivity index (χ0v) is 14.2. The van der Waals surface area contributed by atoms with Crippen molar-refractivity contribution in [2.75, 3.05) is 39.3 Å². The molecule has 1 atom stereocenters. The summed E-state index contributed by atoms with van der Waals surface area (Å²) in [6.07, 6.45) is 4.92. The van der Waals surface area contributed by atoms with Crippen molar-refractivity contribution in [3.05, 3.63) is 0 Å². The van der Waals surface area contributed by atoms with E-state index in [2.05, 4.69) is 23.2 Å². The van der Waals surface area contributed by atoms with Gasteiger partial charge >= 0.3 is 0 Å². The molecule has 4 aliphatic rings. The number of quaternary nitrogens is 1. The van der Waals surface area contributed by atoms with Gasteiger partial charge in [-0.1, -0.05) is 19.3 Å². The molecule has 5 nitrogen and oxygen atoms in total. The summed E-state index contributed by atoms with van der Waals surface area (Å²) in [4.78, 5) is 15.3. The van der Waals surface area contributed by atoms with Gasteiger partial charge in [-0.2, -0.15) is 5.26 Å². The van der Waals surface area contributed by atoms with Gasteiger partial charge in [0.1, 0.15) is 5.54 Å². The predicted octanol–water partition coefficient (Wildman–Crippen LogP) is -2.13. The van der Waals surface area contributed by atoms with E-state index in [4.69, 9.17) is 0 Å². The lowest BCUT2D eigenvalue weighted by Crippen LogP contribution is -3.00. The summed E-state index contributed by atoms with van der Waals surface area (Å²) in [5.41, 5.74) is -0.598. The van der Waals surface area contributed by atoms with Crippen LogP contribution in [-0.2, 0) is 4.79 Å². The minimum atomic E-state index is -0.598. The Morgan fingerprint density at radius 3 is 2.23 bits per heavy atom. The molecule has 3 saturated heterocycles. The van der Waals surface area contributed by atoms with E-state index in [0.29, 0.717) is 0 Å². The Morgan fingerprint density at radius 1 is 1.18 bits per heavy atom. The highest BCUT2D eigenvalue weighted by Gasteiger charge is 2.46. The highest BCUT2D eigenvalue weighted by molar-refractivity contribution is 5.81. The summed E-state index contributed by atoms with van der Waals surface area (Å²) in [6.45, 7) is 8.63. The normalized spacial score (nSPS) is 34.1. The second-order valence-corrected chi connectivity index (χ2v) is 7.15. The fourth-order valence-corrected chi connectivity index (χ4v) is 4.28. The molecule has 1 aliphatic carbocycles. The molecule has 22 heavy (non-hydrogen) atoms. The molecule has 6 heteroatoms. The monoisotopic (exact) mass is 326 g/mol. The van der Waals surface area contributed by atoms with Crippen LogP contribution in [-0.4, -0.2) is 66.1 Å². The number of nitriles is 1. The topological polar surface area (TPSA) is 56.1 Å². The molecule has 3 heterocycles. The average Bonchev–Trinajstić information content (AvgIpc) is 2.56. The number of piperazine rings is 3. The number of carbonyl (C=O) groups excluding carboxylic acids is 1. The molecule has 4 fully saturated rings. The van der Waals surface area contributed by atoms with Crippen molar-refractivity contribution >= 4 is 5.91 Å². The van der Waals surface area contributed by atoms with E-state index < -0.39 is 5.54 Å². The molecule has 1 N–H and O–H groups in total. The van der Waals surface area contributed by atoms with E-state index in [1.54, 1.807) is 0 Å². The first kappa shape index (κ1) is 17.5. The Hall–Kier alpha value is -0.830. The fraction of sp³-hybridized carbons (Fsp3) is 0.875. The highest BCUT2D eigenvalue weighted by atomic mass is 35.5. The molecule has 1 amide bonds. The van der Waals surface area contributed by atoms with Crippen LogP contribution in [0.2, 0.25) is 0 Å². The molecule has 0 spiro atoms. The van der Waals surface area contributed by atoms with E-state index >= 15 is 0 Å². The van der Waals surface area contributed by atoms with Gasteiger partial charge in [0.05, 0.1) is 25.7 Å². The van der Waals surface area contributed by atoms with Crippen LogP contribution in [0.4, 0.5) is 0 Å². The number of rotatable bonds is 3. The molecule has 0 aromatic carbocycles. The third kappa shape index (κ3) is 3.10. The zero-order chi connectivity index (χ0) is 14.9. The largest absolute Gasteiger partial charge is 1.00 e. The van der Waals surface area contributed by atoms with Gasteiger partial charge in [-0.25, -0.2) is 0 Å². The third-order valence-corrected chi connectivity index (χ3v) is 6.07. The van der Waals surface area contributed by atoms with Gasteiger partial charge in [0.25, 0.3) is 5.91 Å². The second kappa shape index (κ2) is 6.74. The standard InChI is InChI=1S/C16H26N4O.ClH/c1-14(20-10-7-19(8-11-20)9-12-20)15(21)18-16(13-17)5-3-2-4-6-16;/h14H,2-12H2,1H3;1H. The number of fused-ring (bicyclic) bond motifs is 3. The van der Waals surface area contributed by atoms with E-state index in [9.17, 15) is 10.1 Å². The lowest BCUT2D eigenvalue weighted by Gasteiger charge is -2.53. The summed E-state index contributed by atoms with van der Waals surface area (Å²) in [5.74, 6) is 0.0915. The third-order valence-electron chi connectivity index (χ3n) is 6.07. The number of hydrogen-bond acceptors (Lipinski definition) is 3. The molecule has 0 aromatic heterocycles. The Labute approximate surface area is 139 Å². The van der Waals surface area contributed by atoms with Crippen molar-refractivity contribution in [1.29, 1.82) is 5.26 Å². The summed E-state index contributed by atoms with van der Waals surface area (Å²) >= 11 is 0. The van der Waals surface area contributed by atoms with Crippen LogP contribution in [0, 0.1) is 11.3 Å². The van der Waals surface area contributed by atoms with Gasteiger partial charge in [-0.15, -0.1) is 0 Å². The summed E-state index contributed by atoms with van der Waals surface area (Å²) < 4.78 is 0.920. The summed E-state index contributed by atoms with van der Waals surface area (Å²) in [5, 5.41) is 12.7.